The van der Waals surface area contributed by atoms with Gasteiger partial charge >= 0.3 is 0 Å². The predicted octanol–water partition coefficient (Wildman–Crippen LogP) is 2.48. The Bertz CT molecular complexity index is 34.4. The first-order valence-corrected chi connectivity index (χ1v) is 5.15. The van der Waals surface area contributed by atoms with E-state index in [9.17, 15) is 0 Å². The van der Waals surface area contributed by atoms with Gasteiger partial charge in [0.15, 0.2) is 0 Å². The first-order valence-electron chi connectivity index (χ1n) is 2.91. The molecule has 0 aromatic carbocycles. The minimum Gasteiger partial charge on any atom is -0.305 e. The fourth-order valence-electron chi connectivity index (χ4n) is 0.601. The highest BCUT2D eigenvalue weighted by atomic mass is 33.1. The molecule has 1 heterocycles. The average molecular weight is 150 g/mol. The van der Waals surface area contributed by atoms with E-state index in [-0.39, 0.29) is 0 Å². The Labute approximate surface area is 58.2 Å². The quantitative estimate of drug-likeness (QED) is 0.388. The summed E-state index contributed by atoms with van der Waals surface area (Å²) in [5, 5.41) is 0. The van der Waals surface area contributed by atoms with E-state index in [4.69, 9.17) is 4.18 Å². The monoisotopic (exact) mass is 150 g/mol. The van der Waals surface area contributed by atoms with Gasteiger partial charge in [-0.15, -0.1) is 0 Å². The smallest absolute Gasteiger partial charge is 0.0624 e. The summed E-state index contributed by atoms with van der Waals surface area (Å²) in [5.74, 6) is 1.25. The molecule has 3 heteroatoms. The fourth-order valence-corrected chi connectivity index (χ4v) is 2.21. The van der Waals surface area contributed by atoms with Crippen molar-refractivity contribution in [2.45, 2.75) is 19.3 Å². The lowest BCUT2D eigenvalue weighted by molar-refractivity contribution is 0.362. The first-order chi connectivity index (χ1) is 4.00. The van der Waals surface area contributed by atoms with E-state index in [1.165, 1.54) is 25.0 Å². The van der Waals surface area contributed by atoms with Crippen LogP contribution in [0.2, 0.25) is 0 Å². The van der Waals surface area contributed by atoms with Crippen molar-refractivity contribution >= 4 is 21.9 Å². The van der Waals surface area contributed by atoms with Crippen molar-refractivity contribution in [2.24, 2.45) is 0 Å². The second-order valence-corrected chi connectivity index (χ2v) is 3.90. The van der Waals surface area contributed by atoms with Crippen LogP contribution in [0.4, 0.5) is 0 Å². The highest BCUT2D eigenvalue weighted by molar-refractivity contribution is 8.74. The van der Waals surface area contributed by atoms with Gasteiger partial charge in [0.1, 0.15) is 0 Å². The van der Waals surface area contributed by atoms with Gasteiger partial charge in [0.05, 0.1) is 17.7 Å². The molecule has 0 spiro atoms. The number of hydrogen-bond donors (Lipinski definition) is 0. The van der Waals surface area contributed by atoms with Crippen LogP contribution >= 0.6 is 21.9 Å². The topological polar surface area (TPSA) is 9.23 Å². The zero-order valence-corrected chi connectivity index (χ0v) is 6.39. The molecule has 0 aliphatic carbocycles. The maximum Gasteiger partial charge on any atom is 0.0624 e. The highest BCUT2D eigenvalue weighted by Gasteiger charge is 1.96. The highest BCUT2D eigenvalue weighted by Crippen LogP contribution is 2.26. The van der Waals surface area contributed by atoms with Crippen molar-refractivity contribution in [1.82, 2.24) is 0 Å². The molecule has 0 amide bonds. The zero-order valence-electron chi connectivity index (χ0n) is 4.76. The molecule has 1 aliphatic heterocycles. The summed E-state index contributed by atoms with van der Waals surface area (Å²) in [7, 11) is 1.82. The Hall–Kier alpha value is 0.660. The number of hydrogen-bond acceptors (Lipinski definition) is 3. The third-order valence-corrected chi connectivity index (χ3v) is 2.94. The molecule has 1 fully saturated rings. The molecule has 48 valence electrons. The maximum absolute atomic E-state index is 5.15. The van der Waals surface area contributed by atoms with Crippen LogP contribution in [0, 0.1) is 0 Å². The molecular formula is C5H10OS2. The van der Waals surface area contributed by atoms with Crippen LogP contribution in [-0.2, 0) is 4.18 Å². The molecule has 0 saturated carbocycles. The van der Waals surface area contributed by atoms with Crippen LogP contribution in [-0.4, -0.2) is 12.4 Å². The van der Waals surface area contributed by atoms with Crippen LogP contribution in [0.5, 0.6) is 0 Å². The van der Waals surface area contributed by atoms with Crippen LogP contribution in [0.3, 0.4) is 0 Å². The van der Waals surface area contributed by atoms with E-state index in [1.807, 2.05) is 10.8 Å². The van der Waals surface area contributed by atoms with Crippen molar-refractivity contribution in [2.75, 3.05) is 12.4 Å². The molecule has 0 atom stereocenters. The van der Waals surface area contributed by atoms with Crippen molar-refractivity contribution in [3.63, 3.8) is 0 Å². The lowest BCUT2D eigenvalue weighted by Gasteiger charge is -2.05. The van der Waals surface area contributed by atoms with Gasteiger partial charge in [-0.25, -0.2) is 0 Å². The van der Waals surface area contributed by atoms with Crippen molar-refractivity contribution in [3.05, 3.63) is 0 Å². The summed E-state index contributed by atoms with van der Waals surface area (Å²) >= 11 is 1.55. The third kappa shape index (κ3) is 2.84. The normalized spacial score (nSPS) is 24.0. The van der Waals surface area contributed by atoms with Crippen LogP contribution in [0.1, 0.15) is 19.3 Å². The Morgan fingerprint density at radius 3 is 3.12 bits per heavy atom. The van der Waals surface area contributed by atoms with Gasteiger partial charge in [-0.3, -0.25) is 0 Å². The summed E-state index contributed by atoms with van der Waals surface area (Å²) in [6, 6.07) is 0. The summed E-state index contributed by atoms with van der Waals surface area (Å²) in [6.45, 7) is 0.942. The molecule has 0 bridgehead atoms. The molecule has 1 saturated heterocycles. The molecular weight excluding hydrogens is 140 g/mol. The molecule has 0 N–H and O–H groups in total. The molecule has 0 radical (unpaired) electrons. The second-order valence-electron chi connectivity index (χ2n) is 1.77. The Balaban J connectivity index is 2.00. The Kier molecular flexibility index (Phi) is 3.84. The molecule has 0 unspecified atom stereocenters. The van der Waals surface area contributed by atoms with E-state index in [2.05, 4.69) is 0 Å². The van der Waals surface area contributed by atoms with E-state index in [0.717, 1.165) is 6.61 Å². The maximum atomic E-state index is 5.15. The molecule has 1 rings (SSSR count). The lowest BCUT2D eigenvalue weighted by atomic mass is 10.3. The summed E-state index contributed by atoms with van der Waals surface area (Å²) < 4.78 is 5.15. The number of rotatable bonds is 0. The van der Waals surface area contributed by atoms with Crippen LogP contribution in [0.25, 0.3) is 0 Å². The van der Waals surface area contributed by atoms with Crippen molar-refractivity contribution in [3.8, 4) is 0 Å². The van der Waals surface area contributed by atoms with Crippen molar-refractivity contribution in [1.29, 1.82) is 0 Å². The zero-order chi connectivity index (χ0) is 5.66. The minimum absolute atomic E-state index is 0.942. The van der Waals surface area contributed by atoms with E-state index >= 15 is 0 Å². The van der Waals surface area contributed by atoms with E-state index in [1.54, 1.807) is 11.1 Å². The van der Waals surface area contributed by atoms with Gasteiger partial charge in [-0.1, -0.05) is 17.2 Å². The first kappa shape index (κ1) is 6.78. The Morgan fingerprint density at radius 1 is 1.12 bits per heavy atom. The van der Waals surface area contributed by atoms with E-state index in [0.29, 0.717) is 0 Å². The molecule has 0 aromatic heterocycles. The largest absolute Gasteiger partial charge is 0.305 e. The van der Waals surface area contributed by atoms with Crippen LogP contribution in [0.15, 0.2) is 0 Å². The Morgan fingerprint density at radius 2 is 2.12 bits per heavy atom. The van der Waals surface area contributed by atoms with Gasteiger partial charge in [0.2, 0.25) is 0 Å². The van der Waals surface area contributed by atoms with Gasteiger partial charge in [-0.05, 0) is 12.8 Å². The fraction of sp³-hybridized carbons (Fsp3) is 1.00. The summed E-state index contributed by atoms with van der Waals surface area (Å²) in [5.41, 5.74) is 0. The van der Waals surface area contributed by atoms with Gasteiger partial charge in [0.25, 0.3) is 0 Å². The standard InChI is InChI=1S/C5H10OS2/c1-2-4-6-8-7-5-3-1/h1-5H2. The molecule has 1 nitrogen and oxygen atoms in total. The molecule has 1 aliphatic rings. The average Bonchev–Trinajstić information content (AvgIpc) is 1.62. The minimum atomic E-state index is 0.942. The van der Waals surface area contributed by atoms with Crippen LogP contribution < -0.4 is 0 Å². The van der Waals surface area contributed by atoms with Gasteiger partial charge < -0.3 is 4.18 Å². The molecule has 8 heavy (non-hydrogen) atoms. The lowest BCUT2D eigenvalue weighted by Crippen LogP contribution is -1.90. The third-order valence-electron chi connectivity index (χ3n) is 1.05. The van der Waals surface area contributed by atoms with E-state index < -0.39 is 0 Å². The summed E-state index contributed by atoms with van der Waals surface area (Å²) in [6.07, 6.45) is 3.95. The second kappa shape index (κ2) is 4.53. The SMILES string of the molecule is C1CCOSSCC1. The van der Waals surface area contributed by atoms with Gasteiger partial charge in [0, 0.05) is 5.75 Å². The predicted molar refractivity (Wildman–Crippen MR) is 39.9 cm³/mol. The van der Waals surface area contributed by atoms with Crippen molar-refractivity contribution < 1.29 is 4.18 Å². The summed E-state index contributed by atoms with van der Waals surface area (Å²) in [4.78, 5) is 0. The molecule has 0 aromatic rings. The van der Waals surface area contributed by atoms with Gasteiger partial charge in [-0.2, -0.15) is 0 Å².